The molecule has 1 aromatic rings. The van der Waals surface area contributed by atoms with Gasteiger partial charge in [-0.1, -0.05) is 0 Å². The normalized spacial score (nSPS) is 19.9. The molecule has 7 heteroatoms. The number of halogens is 3. The number of likely N-dealkylation sites (tertiary alicyclic amines) is 1. The van der Waals surface area contributed by atoms with Gasteiger partial charge >= 0.3 is 12.1 Å². The van der Waals surface area contributed by atoms with Crippen LogP contribution >= 0.6 is 0 Å². The maximum atomic E-state index is 12.4. The number of nitrogens with zero attached hydrogens (tertiary/aromatic N) is 1. The first-order valence-corrected chi connectivity index (χ1v) is 7.11. The van der Waals surface area contributed by atoms with E-state index in [-0.39, 0.29) is 5.92 Å². The Labute approximate surface area is 126 Å². The van der Waals surface area contributed by atoms with Crippen LogP contribution in [0.5, 0.6) is 5.75 Å². The highest BCUT2D eigenvalue weighted by Gasteiger charge is 2.30. The van der Waals surface area contributed by atoms with Gasteiger partial charge in [-0.25, -0.2) is 0 Å². The van der Waals surface area contributed by atoms with E-state index in [1.807, 2.05) is 4.90 Å². The molecule has 0 aromatic heterocycles. The predicted molar refractivity (Wildman–Crippen MR) is 73.7 cm³/mol. The molecule has 1 aliphatic heterocycles. The lowest BCUT2D eigenvalue weighted by Crippen LogP contribution is -2.40. The van der Waals surface area contributed by atoms with Crippen LogP contribution in [0.25, 0.3) is 0 Å². The lowest BCUT2D eigenvalue weighted by Gasteiger charge is -2.30. The number of ether oxygens (including phenoxy) is 1. The van der Waals surface area contributed by atoms with Gasteiger partial charge in [0.15, 0.2) is 0 Å². The first-order chi connectivity index (χ1) is 10.4. The molecule has 1 aliphatic rings. The van der Waals surface area contributed by atoms with Crippen molar-refractivity contribution in [2.75, 3.05) is 26.2 Å². The van der Waals surface area contributed by atoms with E-state index < -0.39 is 17.7 Å². The van der Waals surface area contributed by atoms with Crippen LogP contribution in [-0.4, -0.2) is 42.2 Å². The van der Waals surface area contributed by atoms with E-state index in [0.29, 0.717) is 31.9 Å². The van der Waals surface area contributed by atoms with Crippen LogP contribution in [0.1, 0.15) is 18.4 Å². The highest BCUT2D eigenvalue weighted by molar-refractivity contribution is 5.70. The van der Waals surface area contributed by atoms with Crippen molar-refractivity contribution in [3.05, 3.63) is 29.8 Å². The van der Waals surface area contributed by atoms with Gasteiger partial charge in [0, 0.05) is 13.1 Å². The Bertz CT molecular complexity index is 502. The van der Waals surface area contributed by atoms with Gasteiger partial charge in [0.2, 0.25) is 0 Å². The lowest BCUT2D eigenvalue weighted by molar-refractivity contribution is -0.143. The molecule has 1 heterocycles. The summed E-state index contributed by atoms with van der Waals surface area (Å²) in [5, 5.41) is 9.00. The van der Waals surface area contributed by atoms with Crippen molar-refractivity contribution in [1.82, 2.24) is 4.90 Å². The second-order valence-electron chi connectivity index (χ2n) is 5.35. The third-order valence-corrected chi connectivity index (χ3v) is 3.71. The Morgan fingerprint density at radius 1 is 1.32 bits per heavy atom. The van der Waals surface area contributed by atoms with Crippen molar-refractivity contribution in [3.8, 4) is 5.75 Å². The van der Waals surface area contributed by atoms with Crippen molar-refractivity contribution >= 4 is 5.97 Å². The molecular formula is C15H18F3NO3. The van der Waals surface area contributed by atoms with Gasteiger partial charge in [0.1, 0.15) is 12.4 Å². The molecule has 1 unspecified atom stereocenters. The molecule has 4 nitrogen and oxygen atoms in total. The molecule has 22 heavy (non-hydrogen) atoms. The third-order valence-electron chi connectivity index (χ3n) is 3.71. The average molecular weight is 317 g/mol. The quantitative estimate of drug-likeness (QED) is 0.907. The summed E-state index contributed by atoms with van der Waals surface area (Å²) in [6, 6.07) is 4.55. The average Bonchev–Trinajstić information content (AvgIpc) is 2.47. The summed E-state index contributed by atoms with van der Waals surface area (Å²) in [5.41, 5.74) is -0.708. The fourth-order valence-electron chi connectivity index (χ4n) is 2.49. The number of aliphatic carboxylic acids is 1. The zero-order chi connectivity index (χ0) is 16.2. The first kappa shape index (κ1) is 16.6. The van der Waals surface area contributed by atoms with E-state index in [1.165, 1.54) is 12.1 Å². The van der Waals surface area contributed by atoms with Gasteiger partial charge in [0.05, 0.1) is 11.5 Å². The second kappa shape index (κ2) is 7.00. The molecule has 0 bridgehead atoms. The highest BCUT2D eigenvalue weighted by Crippen LogP contribution is 2.30. The standard InChI is InChI=1S/C15H18F3NO3/c16-15(17,18)12-3-5-13(6-4-12)22-9-8-19-7-1-2-11(10-19)14(20)21/h3-6,11H,1-2,7-10H2,(H,20,21). The number of carboxylic acid groups (broad SMARTS) is 1. The van der Waals surface area contributed by atoms with Gasteiger partial charge in [-0.05, 0) is 43.7 Å². The minimum Gasteiger partial charge on any atom is -0.492 e. The molecule has 0 amide bonds. The molecule has 2 rings (SSSR count). The molecule has 1 N–H and O–H groups in total. The van der Waals surface area contributed by atoms with Crippen molar-refractivity contribution in [1.29, 1.82) is 0 Å². The van der Waals surface area contributed by atoms with Crippen LogP contribution in [-0.2, 0) is 11.0 Å². The van der Waals surface area contributed by atoms with E-state index >= 15 is 0 Å². The summed E-state index contributed by atoms with van der Waals surface area (Å²) < 4.78 is 42.7. The number of hydrogen-bond donors (Lipinski definition) is 1. The van der Waals surface area contributed by atoms with Crippen LogP contribution in [0.15, 0.2) is 24.3 Å². The van der Waals surface area contributed by atoms with E-state index in [9.17, 15) is 18.0 Å². The molecule has 0 spiro atoms. The lowest BCUT2D eigenvalue weighted by atomic mass is 9.98. The molecule has 122 valence electrons. The molecule has 0 saturated carbocycles. The number of benzene rings is 1. The number of rotatable bonds is 5. The van der Waals surface area contributed by atoms with Crippen molar-refractivity contribution in [3.63, 3.8) is 0 Å². The number of carboxylic acids is 1. The summed E-state index contributed by atoms with van der Waals surface area (Å²) >= 11 is 0. The Hall–Kier alpha value is -1.76. The van der Waals surface area contributed by atoms with Gasteiger partial charge in [-0.2, -0.15) is 13.2 Å². The number of hydrogen-bond acceptors (Lipinski definition) is 3. The van der Waals surface area contributed by atoms with Crippen LogP contribution in [0.2, 0.25) is 0 Å². The second-order valence-corrected chi connectivity index (χ2v) is 5.35. The zero-order valence-corrected chi connectivity index (χ0v) is 12.0. The van der Waals surface area contributed by atoms with Crippen LogP contribution < -0.4 is 4.74 Å². The molecular weight excluding hydrogens is 299 g/mol. The first-order valence-electron chi connectivity index (χ1n) is 7.11. The minimum atomic E-state index is -4.35. The fraction of sp³-hybridized carbons (Fsp3) is 0.533. The number of alkyl halides is 3. The van der Waals surface area contributed by atoms with Crippen molar-refractivity contribution in [2.24, 2.45) is 5.92 Å². The van der Waals surface area contributed by atoms with Gasteiger partial charge in [-0.15, -0.1) is 0 Å². The maximum absolute atomic E-state index is 12.4. The van der Waals surface area contributed by atoms with Crippen LogP contribution in [0.4, 0.5) is 13.2 Å². The monoisotopic (exact) mass is 317 g/mol. The van der Waals surface area contributed by atoms with E-state index in [4.69, 9.17) is 9.84 Å². The summed E-state index contributed by atoms with van der Waals surface area (Å²) in [4.78, 5) is 13.0. The van der Waals surface area contributed by atoms with Gasteiger partial charge < -0.3 is 9.84 Å². The SMILES string of the molecule is O=C(O)C1CCCN(CCOc2ccc(C(F)(F)F)cc2)C1. The van der Waals surface area contributed by atoms with E-state index in [0.717, 1.165) is 25.1 Å². The Morgan fingerprint density at radius 3 is 2.59 bits per heavy atom. The Morgan fingerprint density at radius 2 is 2.00 bits per heavy atom. The Kier molecular flexibility index (Phi) is 5.28. The summed E-state index contributed by atoms with van der Waals surface area (Å²) in [6.07, 6.45) is -2.83. The van der Waals surface area contributed by atoms with Crippen LogP contribution in [0, 0.1) is 5.92 Å². The van der Waals surface area contributed by atoms with E-state index in [2.05, 4.69) is 0 Å². The predicted octanol–water partition coefficient (Wildman–Crippen LogP) is 2.88. The summed E-state index contributed by atoms with van der Waals surface area (Å²) in [7, 11) is 0. The molecule has 1 atom stereocenters. The molecule has 0 aliphatic carbocycles. The number of carbonyl (C=O) groups is 1. The van der Waals surface area contributed by atoms with Crippen molar-refractivity contribution < 1.29 is 27.8 Å². The smallest absolute Gasteiger partial charge is 0.416 e. The van der Waals surface area contributed by atoms with E-state index in [1.54, 1.807) is 0 Å². The largest absolute Gasteiger partial charge is 0.492 e. The summed E-state index contributed by atoms with van der Waals surface area (Å²) in [5.74, 6) is -0.757. The molecule has 1 saturated heterocycles. The topological polar surface area (TPSA) is 49.8 Å². The molecule has 1 aromatic carbocycles. The summed E-state index contributed by atoms with van der Waals surface area (Å²) in [6.45, 7) is 2.19. The number of piperidine rings is 1. The Balaban J connectivity index is 1.78. The maximum Gasteiger partial charge on any atom is 0.416 e. The van der Waals surface area contributed by atoms with Gasteiger partial charge in [-0.3, -0.25) is 9.69 Å². The zero-order valence-electron chi connectivity index (χ0n) is 12.0. The molecule has 0 radical (unpaired) electrons. The minimum absolute atomic E-state index is 0.317. The van der Waals surface area contributed by atoms with Crippen molar-refractivity contribution in [2.45, 2.75) is 19.0 Å². The highest BCUT2D eigenvalue weighted by atomic mass is 19.4. The van der Waals surface area contributed by atoms with Crippen LogP contribution in [0.3, 0.4) is 0 Å². The third kappa shape index (κ3) is 4.62. The fourth-order valence-corrected chi connectivity index (χ4v) is 2.49. The molecule has 1 fully saturated rings. The van der Waals surface area contributed by atoms with Gasteiger partial charge in [0.25, 0.3) is 0 Å².